The molecule has 1 amide bonds. The van der Waals surface area contributed by atoms with Gasteiger partial charge in [0.2, 0.25) is 0 Å². The van der Waals surface area contributed by atoms with Crippen LogP contribution in [0.25, 0.3) is 11.3 Å². The molecule has 0 fully saturated rings. The van der Waals surface area contributed by atoms with Crippen LogP contribution in [0.15, 0.2) is 53.1 Å². The monoisotopic (exact) mass is 315 g/mol. The number of carbonyl (C=O) groups is 1. The summed E-state index contributed by atoms with van der Waals surface area (Å²) in [6.45, 7) is 1.85. The standard InChI is InChI=1S/C16H14ClN3O2/c1-10(15-7-4-8-22-15)18-16(21)14-9-13(19-20-14)11-5-2-3-6-12(11)17/h2-10H,1H3,(H,18,21)(H,19,20). The van der Waals surface area contributed by atoms with Gasteiger partial charge >= 0.3 is 0 Å². The molecule has 0 aliphatic heterocycles. The van der Waals surface area contributed by atoms with Crippen molar-refractivity contribution in [3.63, 3.8) is 0 Å². The van der Waals surface area contributed by atoms with Gasteiger partial charge in [-0.2, -0.15) is 5.10 Å². The lowest BCUT2D eigenvalue weighted by atomic mass is 10.1. The van der Waals surface area contributed by atoms with Crippen molar-refractivity contribution in [2.45, 2.75) is 13.0 Å². The van der Waals surface area contributed by atoms with Crippen LogP contribution in [0.1, 0.15) is 29.2 Å². The normalized spacial score (nSPS) is 12.1. The summed E-state index contributed by atoms with van der Waals surface area (Å²) >= 11 is 6.13. The number of halogens is 1. The van der Waals surface area contributed by atoms with Crippen molar-refractivity contribution >= 4 is 17.5 Å². The van der Waals surface area contributed by atoms with Gasteiger partial charge in [0, 0.05) is 5.56 Å². The van der Waals surface area contributed by atoms with Crippen LogP contribution in [0.4, 0.5) is 0 Å². The Balaban J connectivity index is 1.76. The number of benzene rings is 1. The van der Waals surface area contributed by atoms with Gasteiger partial charge in [-0.15, -0.1) is 0 Å². The summed E-state index contributed by atoms with van der Waals surface area (Å²) in [6.07, 6.45) is 1.57. The average Bonchev–Trinajstić information content (AvgIpc) is 3.19. The fourth-order valence-electron chi connectivity index (χ4n) is 2.13. The first kappa shape index (κ1) is 14.4. The van der Waals surface area contributed by atoms with E-state index in [0.29, 0.717) is 22.2 Å². The smallest absolute Gasteiger partial charge is 0.269 e. The molecule has 2 heterocycles. The van der Waals surface area contributed by atoms with Crippen LogP contribution in [0.5, 0.6) is 0 Å². The number of rotatable bonds is 4. The number of carbonyl (C=O) groups excluding carboxylic acids is 1. The quantitative estimate of drug-likeness (QED) is 0.769. The highest BCUT2D eigenvalue weighted by molar-refractivity contribution is 6.33. The van der Waals surface area contributed by atoms with E-state index < -0.39 is 0 Å². The van der Waals surface area contributed by atoms with E-state index in [4.69, 9.17) is 16.0 Å². The molecule has 22 heavy (non-hydrogen) atoms. The van der Waals surface area contributed by atoms with Gasteiger partial charge in [-0.3, -0.25) is 9.89 Å². The first-order valence-corrected chi connectivity index (χ1v) is 7.17. The van der Waals surface area contributed by atoms with Gasteiger partial charge in [-0.05, 0) is 31.2 Å². The molecule has 2 aromatic heterocycles. The lowest BCUT2D eigenvalue weighted by Gasteiger charge is -2.09. The van der Waals surface area contributed by atoms with Crippen molar-refractivity contribution < 1.29 is 9.21 Å². The maximum absolute atomic E-state index is 12.2. The molecule has 5 nitrogen and oxygen atoms in total. The number of furan rings is 1. The Morgan fingerprint density at radius 1 is 1.32 bits per heavy atom. The van der Waals surface area contributed by atoms with E-state index >= 15 is 0 Å². The highest BCUT2D eigenvalue weighted by Gasteiger charge is 2.16. The number of aromatic nitrogens is 2. The second-order valence-corrected chi connectivity index (χ2v) is 5.26. The van der Waals surface area contributed by atoms with Crippen LogP contribution < -0.4 is 5.32 Å². The number of hydrogen-bond acceptors (Lipinski definition) is 3. The first-order valence-electron chi connectivity index (χ1n) is 6.79. The van der Waals surface area contributed by atoms with Crippen LogP contribution in [0.3, 0.4) is 0 Å². The molecule has 0 spiro atoms. The summed E-state index contributed by atoms with van der Waals surface area (Å²) in [5.74, 6) is 0.439. The number of hydrogen-bond donors (Lipinski definition) is 2. The maximum atomic E-state index is 12.2. The Morgan fingerprint density at radius 2 is 2.14 bits per heavy atom. The van der Waals surface area contributed by atoms with Crippen molar-refractivity contribution in [3.8, 4) is 11.3 Å². The van der Waals surface area contributed by atoms with Crippen molar-refractivity contribution in [2.24, 2.45) is 0 Å². The Labute approximate surface area is 132 Å². The number of nitrogens with one attached hydrogen (secondary N) is 2. The van der Waals surface area contributed by atoms with Gasteiger partial charge in [-0.25, -0.2) is 0 Å². The van der Waals surface area contributed by atoms with Gasteiger partial charge in [-0.1, -0.05) is 29.8 Å². The summed E-state index contributed by atoms with van der Waals surface area (Å²) < 4.78 is 5.26. The molecule has 0 bridgehead atoms. The van der Waals surface area contributed by atoms with Gasteiger partial charge in [0.05, 0.1) is 23.0 Å². The number of nitrogens with zero attached hydrogens (tertiary/aromatic N) is 1. The molecule has 0 radical (unpaired) electrons. The summed E-state index contributed by atoms with van der Waals surface area (Å²) in [7, 11) is 0. The predicted molar refractivity (Wildman–Crippen MR) is 83.6 cm³/mol. The van der Waals surface area contributed by atoms with Gasteiger partial charge in [0.15, 0.2) is 0 Å². The van der Waals surface area contributed by atoms with Crippen molar-refractivity contribution in [1.29, 1.82) is 0 Å². The van der Waals surface area contributed by atoms with Crippen LogP contribution in [0.2, 0.25) is 5.02 Å². The zero-order valence-electron chi connectivity index (χ0n) is 11.8. The molecule has 6 heteroatoms. The van der Waals surface area contributed by atoms with Crippen molar-refractivity contribution in [1.82, 2.24) is 15.5 Å². The topological polar surface area (TPSA) is 70.9 Å². The molecule has 3 aromatic rings. The third kappa shape index (κ3) is 2.89. The van der Waals surface area contributed by atoms with Crippen molar-refractivity contribution in [2.75, 3.05) is 0 Å². The zero-order valence-corrected chi connectivity index (χ0v) is 12.6. The highest BCUT2D eigenvalue weighted by atomic mass is 35.5. The lowest BCUT2D eigenvalue weighted by molar-refractivity contribution is 0.0930. The molecular weight excluding hydrogens is 302 g/mol. The van der Waals surface area contributed by atoms with Crippen LogP contribution >= 0.6 is 11.6 Å². The summed E-state index contributed by atoms with van der Waals surface area (Å²) in [6, 6.07) is 12.4. The van der Waals surface area contributed by atoms with E-state index in [0.717, 1.165) is 5.56 Å². The lowest BCUT2D eigenvalue weighted by Crippen LogP contribution is -2.26. The molecule has 0 aliphatic rings. The largest absolute Gasteiger partial charge is 0.467 e. The number of aromatic amines is 1. The third-order valence-electron chi connectivity index (χ3n) is 3.29. The Kier molecular flexibility index (Phi) is 3.98. The zero-order chi connectivity index (χ0) is 15.5. The highest BCUT2D eigenvalue weighted by Crippen LogP contribution is 2.26. The molecule has 0 aliphatic carbocycles. The van der Waals surface area contributed by atoms with E-state index in [2.05, 4.69) is 15.5 Å². The van der Waals surface area contributed by atoms with Crippen LogP contribution in [0, 0.1) is 0 Å². The Bertz CT molecular complexity index is 780. The molecule has 1 aromatic carbocycles. The van der Waals surface area contributed by atoms with E-state index in [1.807, 2.05) is 31.2 Å². The molecule has 112 valence electrons. The molecule has 0 saturated heterocycles. The van der Waals surface area contributed by atoms with Gasteiger partial charge < -0.3 is 9.73 Å². The van der Waals surface area contributed by atoms with E-state index in [9.17, 15) is 4.79 Å². The molecule has 1 unspecified atom stereocenters. The number of amides is 1. The molecule has 1 atom stereocenters. The summed E-state index contributed by atoms with van der Waals surface area (Å²) in [5, 5.41) is 10.3. The molecule has 0 saturated carbocycles. The third-order valence-corrected chi connectivity index (χ3v) is 3.62. The summed E-state index contributed by atoms with van der Waals surface area (Å²) in [5.41, 5.74) is 1.77. The maximum Gasteiger partial charge on any atom is 0.269 e. The fraction of sp³-hybridized carbons (Fsp3) is 0.125. The summed E-state index contributed by atoms with van der Waals surface area (Å²) in [4.78, 5) is 12.2. The number of H-pyrrole nitrogens is 1. The first-order chi connectivity index (χ1) is 10.6. The molecular formula is C16H14ClN3O2. The average molecular weight is 316 g/mol. The van der Waals surface area contributed by atoms with E-state index in [-0.39, 0.29) is 11.9 Å². The van der Waals surface area contributed by atoms with Crippen LogP contribution in [-0.2, 0) is 0 Å². The SMILES string of the molecule is CC(NC(=O)c1cc(-c2ccccc2Cl)n[nH]1)c1ccco1. The van der Waals surface area contributed by atoms with Crippen molar-refractivity contribution in [3.05, 3.63) is 65.2 Å². The Morgan fingerprint density at radius 3 is 2.86 bits per heavy atom. The molecule has 2 N–H and O–H groups in total. The molecule has 3 rings (SSSR count). The second-order valence-electron chi connectivity index (χ2n) is 4.86. The van der Waals surface area contributed by atoms with E-state index in [1.54, 1.807) is 24.5 Å². The van der Waals surface area contributed by atoms with Gasteiger partial charge in [0.25, 0.3) is 5.91 Å². The van der Waals surface area contributed by atoms with Gasteiger partial charge in [0.1, 0.15) is 11.5 Å². The fourth-order valence-corrected chi connectivity index (χ4v) is 2.36. The van der Waals surface area contributed by atoms with E-state index in [1.165, 1.54) is 0 Å². The Hall–Kier alpha value is -2.53. The second kappa shape index (κ2) is 6.07. The minimum atomic E-state index is -0.255. The minimum Gasteiger partial charge on any atom is -0.467 e. The predicted octanol–water partition coefficient (Wildman–Crippen LogP) is 3.81. The minimum absolute atomic E-state index is 0.227. The van der Waals surface area contributed by atoms with Crippen LogP contribution in [-0.4, -0.2) is 16.1 Å².